The van der Waals surface area contributed by atoms with Crippen molar-refractivity contribution in [1.82, 2.24) is 4.40 Å². The first kappa shape index (κ1) is 22.4. The van der Waals surface area contributed by atoms with E-state index in [1.54, 1.807) is 48.7 Å². The van der Waals surface area contributed by atoms with Crippen molar-refractivity contribution in [2.24, 2.45) is 0 Å². The minimum absolute atomic E-state index is 0.0232. The number of fused-ring (bicyclic) bond motifs is 1. The fourth-order valence-electron chi connectivity index (χ4n) is 3.23. The molecular formula is C22H22N2O6S. The van der Waals surface area contributed by atoms with Gasteiger partial charge in [-0.2, -0.15) is 0 Å². The van der Waals surface area contributed by atoms with E-state index in [1.807, 2.05) is 13.0 Å². The van der Waals surface area contributed by atoms with Crippen LogP contribution in [0, 0.1) is 17.0 Å². The number of rotatable bonds is 8. The Hall–Kier alpha value is -3.33. The molecule has 0 aliphatic heterocycles. The van der Waals surface area contributed by atoms with Gasteiger partial charge in [0.1, 0.15) is 5.69 Å². The van der Waals surface area contributed by atoms with Gasteiger partial charge in [0.2, 0.25) is 0 Å². The van der Waals surface area contributed by atoms with Gasteiger partial charge < -0.3 is 13.9 Å². The third kappa shape index (κ3) is 4.56. The molecule has 0 fully saturated rings. The summed E-state index contributed by atoms with van der Waals surface area (Å²) in [6.45, 7) is 5.62. The van der Waals surface area contributed by atoms with Gasteiger partial charge in [-0.1, -0.05) is 18.2 Å². The minimum atomic E-state index is -0.582. The monoisotopic (exact) mass is 442 g/mol. The summed E-state index contributed by atoms with van der Waals surface area (Å²) in [5.41, 5.74) is 2.33. The molecule has 0 radical (unpaired) electrons. The topological polar surface area (TPSA) is 100 Å². The van der Waals surface area contributed by atoms with Crippen molar-refractivity contribution in [3.8, 4) is 0 Å². The normalized spacial score (nSPS) is 10.8. The van der Waals surface area contributed by atoms with Gasteiger partial charge in [-0.25, -0.2) is 9.59 Å². The highest BCUT2D eigenvalue weighted by Crippen LogP contribution is 2.37. The molecule has 162 valence electrons. The highest BCUT2D eigenvalue weighted by molar-refractivity contribution is 7.98. The van der Waals surface area contributed by atoms with Crippen LogP contribution in [0.4, 0.5) is 5.69 Å². The van der Waals surface area contributed by atoms with Crippen molar-refractivity contribution >= 4 is 34.9 Å². The van der Waals surface area contributed by atoms with Gasteiger partial charge >= 0.3 is 11.9 Å². The molecule has 0 amide bonds. The Bertz CT molecular complexity index is 1150. The highest BCUT2D eigenvalue weighted by Gasteiger charge is 2.30. The number of pyridine rings is 1. The number of aromatic nitrogens is 1. The van der Waals surface area contributed by atoms with E-state index in [0.717, 1.165) is 5.56 Å². The second-order valence-corrected chi connectivity index (χ2v) is 7.61. The van der Waals surface area contributed by atoms with Crippen molar-refractivity contribution < 1.29 is 24.0 Å². The Morgan fingerprint density at radius 1 is 1.10 bits per heavy atom. The van der Waals surface area contributed by atoms with Crippen LogP contribution in [0.5, 0.6) is 0 Å². The second kappa shape index (κ2) is 9.65. The molecule has 0 saturated heterocycles. The number of benzene rings is 1. The molecule has 31 heavy (non-hydrogen) atoms. The first-order valence-corrected chi connectivity index (χ1v) is 10.7. The van der Waals surface area contributed by atoms with Crippen LogP contribution in [0.25, 0.3) is 5.52 Å². The molecule has 3 rings (SSSR count). The van der Waals surface area contributed by atoms with E-state index >= 15 is 0 Å². The Morgan fingerprint density at radius 3 is 2.45 bits per heavy atom. The lowest BCUT2D eigenvalue weighted by Crippen LogP contribution is -2.10. The summed E-state index contributed by atoms with van der Waals surface area (Å²) in [7, 11) is 0. The van der Waals surface area contributed by atoms with Crippen molar-refractivity contribution in [2.45, 2.75) is 31.4 Å². The van der Waals surface area contributed by atoms with Crippen LogP contribution in [-0.4, -0.2) is 34.5 Å². The molecule has 1 aromatic carbocycles. The van der Waals surface area contributed by atoms with Crippen LogP contribution < -0.4 is 0 Å². The average molecular weight is 442 g/mol. The predicted molar refractivity (Wildman–Crippen MR) is 117 cm³/mol. The fraction of sp³-hybridized carbons (Fsp3) is 0.273. The number of hydrogen-bond donors (Lipinski definition) is 0. The molecule has 0 unspecified atom stereocenters. The van der Waals surface area contributed by atoms with Gasteiger partial charge in [-0.05, 0) is 38.5 Å². The minimum Gasteiger partial charge on any atom is -0.462 e. The molecule has 3 aromatic rings. The van der Waals surface area contributed by atoms with Crippen LogP contribution in [0.15, 0.2) is 47.5 Å². The van der Waals surface area contributed by atoms with Crippen LogP contribution in [0.1, 0.15) is 45.8 Å². The van der Waals surface area contributed by atoms with E-state index in [-0.39, 0.29) is 35.9 Å². The second-order valence-electron chi connectivity index (χ2n) is 6.63. The molecule has 0 spiro atoms. The first-order chi connectivity index (χ1) is 14.9. The van der Waals surface area contributed by atoms with Gasteiger partial charge in [0.25, 0.3) is 5.69 Å². The summed E-state index contributed by atoms with van der Waals surface area (Å²) in [6.07, 6.45) is 1.70. The van der Waals surface area contributed by atoms with Gasteiger partial charge in [0.05, 0.1) is 34.1 Å². The zero-order chi connectivity index (χ0) is 22.5. The molecule has 8 nitrogen and oxygen atoms in total. The number of nitro benzene ring substituents is 1. The van der Waals surface area contributed by atoms with Crippen LogP contribution >= 0.6 is 11.8 Å². The number of carbonyl (C=O) groups excluding carboxylic acids is 2. The SMILES string of the molecule is CCOC(=O)c1c(SCc2ccccc2[N+](=O)[O-])c(C(=O)OCC)n2ccc(C)cc12. The quantitative estimate of drug-likeness (QED) is 0.214. The summed E-state index contributed by atoms with van der Waals surface area (Å²) in [4.78, 5) is 37.0. The number of ether oxygens (including phenoxy) is 2. The summed E-state index contributed by atoms with van der Waals surface area (Å²) < 4.78 is 12.1. The fourth-order valence-corrected chi connectivity index (χ4v) is 4.42. The van der Waals surface area contributed by atoms with E-state index in [2.05, 4.69) is 0 Å². The van der Waals surface area contributed by atoms with Gasteiger partial charge in [-0.15, -0.1) is 11.8 Å². The molecule has 0 aliphatic rings. The smallest absolute Gasteiger partial charge is 0.356 e. The van der Waals surface area contributed by atoms with Gasteiger partial charge in [0, 0.05) is 23.6 Å². The molecule has 0 aliphatic carbocycles. The highest BCUT2D eigenvalue weighted by atomic mass is 32.2. The number of hydrogen-bond acceptors (Lipinski definition) is 7. The standard InChI is InChI=1S/C22H22N2O6S/c1-4-29-21(25)18-17-12-14(3)10-11-23(17)19(22(26)30-5-2)20(18)31-13-15-8-6-7-9-16(15)24(27)28/h6-12H,4-5,13H2,1-3H3. The summed E-state index contributed by atoms with van der Waals surface area (Å²) in [6, 6.07) is 10.00. The predicted octanol–water partition coefficient (Wildman–Crippen LogP) is 4.80. The Balaban J connectivity index is 2.18. The largest absolute Gasteiger partial charge is 0.462 e. The molecule has 0 N–H and O–H groups in total. The molecule has 0 bridgehead atoms. The van der Waals surface area contributed by atoms with Crippen molar-refractivity contribution in [3.63, 3.8) is 0 Å². The van der Waals surface area contributed by atoms with E-state index in [1.165, 1.54) is 17.8 Å². The summed E-state index contributed by atoms with van der Waals surface area (Å²) >= 11 is 1.17. The third-order valence-electron chi connectivity index (χ3n) is 4.56. The van der Waals surface area contributed by atoms with E-state index < -0.39 is 16.9 Å². The number of esters is 2. The lowest BCUT2D eigenvalue weighted by molar-refractivity contribution is -0.385. The van der Waals surface area contributed by atoms with Crippen molar-refractivity contribution in [1.29, 1.82) is 0 Å². The van der Waals surface area contributed by atoms with E-state index in [0.29, 0.717) is 16.0 Å². The summed E-state index contributed by atoms with van der Waals surface area (Å²) in [5.74, 6) is -0.959. The number of thioether (sulfide) groups is 1. The zero-order valence-corrected chi connectivity index (χ0v) is 18.2. The van der Waals surface area contributed by atoms with Gasteiger partial charge in [0.15, 0.2) is 0 Å². The zero-order valence-electron chi connectivity index (χ0n) is 17.4. The average Bonchev–Trinajstić information content (AvgIpc) is 3.06. The summed E-state index contributed by atoms with van der Waals surface area (Å²) in [5, 5.41) is 11.4. The maximum Gasteiger partial charge on any atom is 0.356 e. The number of carbonyl (C=O) groups is 2. The van der Waals surface area contributed by atoms with Crippen LogP contribution in [0.3, 0.4) is 0 Å². The number of nitrogens with zero attached hydrogens (tertiary/aromatic N) is 2. The number of aryl methyl sites for hydroxylation is 1. The van der Waals surface area contributed by atoms with E-state index in [9.17, 15) is 19.7 Å². The molecule has 2 aromatic heterocycles. The maximum atomic E-state index is 12.9. The Morgan fingerprint density at radius 2 is 1.77 bits per heavy atom. The Labute approximate surface area is 183 Å². The maximum absolute atomic E-state index is 12.9. The van der Waals surface area contributed by atoms with Gasteiger partial charge in [-0.3, -0.25) is 10.1 Å². The van der Waals surface area contributed by atoms with Crippen LogP contribution in [0.2, 0.25) is 0 Å². The third-order valence-corrected chi connectivity index (χ3v) is 5.70. The molecule has 2 heterocycles. The van der Waals surface area contributed by atoms with E-state index in [4.69, 9.17) is 9.47 Å². The van der Waals surface area contributed by atoms with Crippen molar-refractivity contribution in [3.05, 3.63) is 75.1 Å². The lowest BCUT2D eigenvalue weighted by Gasteiger charge is -2.08. The van der Waals surface area contributed by atoms with Crippen LogP contribution in [-0.2, 0) is 15.2 Å². The Kier molecular flexibility index (Phi) is 6.96. The number of para-hydroxylation sites is 1. The number of nitro groups is 1. The molecular weight excluding hydrogens is 420 g/mol. The molecule has 0 atom stereocenters. The van der Waals surface area contributed by atoms with Crippen molar-refractivity contribution in [2.75, 3.05) is 13.2 Å². The first-order valence-electron chi connectivity index (χ1n) is 9.73. The lowest BCUT2D eigenvalue weighted by atomic mass is 10.2. The molecule has 9 heteroatoms. The molecule has 0 saturated carbocycles.